The molecule has 8 atom stereocenters. The van der Waals surface area contributed by atoms with Crippen LogP contribution in [-0.2, 0) is 42.6 Å². The minimum Gasteiger partial charge on any atom is -0.371 e. The average Bonchev–Trinajstić information content (AvgIpc) is 2.80. The maximum Gasteiger partial charge on any atom is 0.167 e. The van der Waals surface area contributed by atoms with Gasteiger partial charge in [-0.3, -0.25) is 0 Å². The van der Waals surface area contributed by atoms with Crippen LogP contribution in [-0.4, -0.2) is 92.2 Å². The van der Waals surface area contributed by atoms with Crippen molar-refractivity contribution < 1.29 is 42.6 Å². The lowest BCUT2D eigenvalue weighted by Gasteiger charge is -2.66. The summed E-state index contributed by atoms with van der Waals surface area (Å²) in [6.45, 7) is 11.0. The van der Waals surface area contributed by atoms with E-state index in [-0.39, 0.29) is 59.0 Å². The molecule has 0 radical (unpaired) electrons. The van der Waals surface area contributed by atoms with Crippen molar-refractivity contribution in [1.82, 2.24) is 0 Å². The highest BCUT2D eigenvalue weighted by atomic mass is 16.7. The molecule has 4 heterocycles. The highest BCUT2D eigenvalue weighted by Crippen LogP contribution is 2.61. The fourth-order valence-electron chi connectivity index (χ4n) is 7.11. The maximum absolute atomic E-state index is 7.53. The number of hydrogen-bond donors (Lipinski definition) is 0. The first-order chi connectivity index (χ1) is 16.9. The van der Waals surface area contributed by atoms with E-state index < -0.39 is 0 Å². The molecule has 0 bridgehead atoms. The number of rotatable bonds is 14. The van der Waals surface area contributed by atoms with Crippen LogP contribution < -0.4 is 0 Å². The topological polar surface area (TPSA) is 83.1 Å². The van der Waals surface area contributed by atoms with Crippen LogP contribution in [0.3, 0.4) is 0 Å². The molecule has 0 spiro atoms. The molecular formula is C26H46O9. The van der Waals surface area contributed by atoms with Crippen LogP contribution in [0.4, 0.5) is 0 Å². The Kier molecular flexibility index (Phi) is 8.24. The van der Waals surface area contributed by atoms with E-state index in [1.807, 2.05) is 0 Å². The Bertz CT molecular complexity index is 585. The summed E-state index contributed by atoms with van der Waals surface area (Å²) in [5.74, 6) is 0. The Morgan fingerprint density at radius 1 is 0.514 bits per heavy atom. The van der Waals surface area contributed by atoms with Crippen LogP contribution in [0.25, 0.3) is 0 Å². The molecule has 35 heavy (non-hydrogen) atoms. The number of hydrogen-bond acceptors (Lipinski definition) is 9. The van der Waals surface area contributed by atoms with E-state index >= 15 is 0 Å². The van der Waals surface area contributed by atoms with Gasteiger partial charge in [-0.05, 0) is 25.7 Å². The van der Waals surface area contributed by atoms with E-state index in [4.69, 9.17) is 42.6 Å². The third-order valence-electron chi connectivity index (χ3n) is 9.74. The summed E-state index contributed by atoms with van der Waals surface area (Å²) in [6, 6.07) is 0. The van der Waals surface area contributed by atoms with Gasteiger partial charge in [0, 0.05) is 28.4 Å². The van der Waals surface area contributed by atoms with E-state index in [1.54, 1.807) is 28.4 Å². The van der Waals surface area contributed by atoms with Gasteiger partial charge in [0.2, 0.25) is 0 Å². The molecule has 9 heteroatoms. The Balaban J connectivity index is 1.82. The highest BCUT2D eigenvalue weighted by molar-refractivity contribution is 5.13. The van der Waals surface area contributed by atoms with Gasteiger partial charge in [0.1, 0.15) is 0 Å². The SMILES string of the molecule is CCC1(C(OC(C2(CC)COC2OC)C2(CC)COC2OC)C2(CC)COC2OC)COC1OC. The van der Waals surface area contributed by atoms with E-state index in [0.717, 1.165) is 25.7 Å². The van der Waals surface area contributed by atoms with Crippen LogP contribution in [0.2, 0.25) is 0 Å². The van der Waals surface area contributed by atoms with Crippen LogP contribution in [0, 0.1) is 21.7 Å². The number of ether oxygens (including phenoxy) is 9. The van der Waals surface area contributed by atoms with Crippen LogP contribution in [0.15, 0.2) is 0 Å². The fourth-order valence-corrected chi connectivity index (χ4v) is 7.11. The minimum atomic E-state index is -0.360. The van der Waals surface area contributed by atoms with Crippen LogP contribution >= 0.6 is 0 Å². The van der Waals surface area contributed by atoms with Crippen LogP contribution in [0.1, 0.15) is 53.4 Å². The van der Waals surface area contributed by atoms with Gasteiger partial charge in [-0.2, -0.15) is 0 Å². The molecule has 8 unspecified atom stereocenters. The van der Waals surface area contributed by atoms with Crippen molar-refractivity contribution in [3.8, 4) is 0 Å². The molecule has 4 aliphatic rings. The second-order valence-electron chi connectivity index (χ2n) is 10.8. The van der Waals surface area contributed by atoms with Crippen molar-refractivity contribution in [3.63, 3.8) is 0 Å². The normalized spacial score (nSPS) is 46.6. The van der Waals surface area contributed by atoms with Gasteiger partial charge in [0.05, 0.1) is 60.3 Å². The molecule has 0 N–H and O–H groups in total. The monoisotopic (exact) mass is 502 g/mol. The molecule has 0 aromatic rings. The third-order valence-corrected chi connectivity index (χ3v) is 9.74. The van der Waals surface area contributed by atoms with Gasteiger partial charge in [0.15, 0.2) is 25.2 Å². The largest absolute Gasteiger partial charge is 0.371 e. The zero-order chi connectivity index (χ0) is 25.5. The van der Waals surface area contributed by atoms with Crippen molar-refractivity contribution in [2.75, 3.05) is 54.9 Å². The highest BCUT2D eigenvalue weighted by Gasteiger charge is 2.71. The Morgan fingerprint density at radius 2 is 0.743 bits per heavy atom. The summed E-state index contributed by atoms with van der Waals surface area (Å²) < 4.78 is 54.6. The third kappa shape index (κ3) is 3.68. The van der Waals surface area contributed by atoms with E-state index in [9.17, 15) is 0 Å². The number of methoxy groups -OCH3 is 4. The first-order valence-electron chi connectivity index (χ1n) is 13.1. The van der Waals surface area contributed by atoms with Gasteiger partial charge < -0.3 is 42.6 Å². The second-order valence-corrected chi connectivity index (χ2v) is 10.8. The first kappa shape index (κ1) is 27.7. The molecule has 4 fully saturated rings. The lowest BCUT2D eigenvalue weighted by molar-refractivity contribution is -0.443. The Morgan fingerprint density at radius 3 is 0.857 bits per heavy atom. The second kappa shape index (κ2) is 10.4. The molecule has 0 saturated carbocycles. The summed E-state index contributed by atoms with van der Waals surface area (Å²) in [5.41, 5.74) is -1.36. The average molecular weight is 503 g/mol. The first-order valence-corrected chi connectivity index (χ1v) is 13.1. The maximum atomic E-state index is 7.53. The lowest BCUT2D eigenvalue weighted by atomic mass is 9.59. The van der Waals surface area contributed by atoms with Gasteiger partial charge >= 0.3 is 0 Å². The van der Waals surface area contributed by atoms with E-state index in [1.165, 1.54) is 0 Å². The van der Waals surface area contributed by atoms with Crippen LogP contribution in [0.5, 0.6) is 0 Å². The van der Waals surface area contributed by atoms with E-state index in [0.29, 0.717) is 26.4 Å². The molecule has 4 rings (SSSR count). The van der Waals surface area contributed by atoms with Crippen molar-refractivity contribution in [2.45, 2.75) is 90.7 Å². The fraction of sp³-hybridized carbons (Fsp3) is 1.00. The predicted molar refractivity (Wildman–Crippen MR) is 127 cm³/mol. The summed E-state index contributed by atoms with van der Waals surface area (Å²) in [6.07, 6.45) is 1.44. The molecule has 4 saturated heterocycles. The van der Waals surface area contributed by atoms with Crippen molar-refractivity contribution >= 4 is 0 Å². The zero-order valence-corrected chi connectivity index (χ0v) is 22.8. The van der Waals surface area contributed by atoms with E-state index in [2.05, 4.69) is 27.7 Å². The van der Waals surface area contributed by atoms with Crippen molar-refractivity contribution in [1.29, 1.82) is 0 Å². The quantitative estimate of drug-likeness (QED) is 0.355. The lowest BCUT2D eigenvalue weighted by Crippen LogP contribution is -2.76. The Labute approximate surface area is 210 Å². The minimum absolute atomic E-state index is 0.240. The predicted octanol–water partition coefficient (Wildman–Crippen LogP) is 3.34. The van der Waals surface area contributed by atoms with Gasteiger partial charge in [-0.15, -0.1) is 0 Å². The Hall–Kier alpha value is -0.360. The molecular weight excluding hydrogens is 456 g/mol. The van der Waals surface area contributed by atoms with Crippen molar-refractivity contribution in [2.24, 2.45) is 21.7 Å². The molecule has 0 aliphatic carbocycles. The molecule has 9 nitrogen and oxygen atoms in total. The summed E-state index contributed by atoms with van der Waals surface area (Å²) in [7, 11) is 6.81. The summed E-state index contributed by atoms with van der Waals surface area (Å²) in [4.78, 5) is 0. The van der Waals surface area contributed by atoms with Gasteiger partial charge in [-0.25, -0.2) is 0 Å². The van der Waals surface area contributed by atoms with Gasteiger partial charge in [0.25, 0.3) is 0 Å². The zero-order valence-electron chi connectivity index (χ0n) is 22.8. The molecule has 204 valence electrons. The van der Waals surface area contributed by atoms with Gasteiger partial charge in [-0.1, -0.05) is 27.7 Å². The molecule has 0 amide bonds. The summed E-state index contributed by atoms with van der Waals surface area (Å²) >= 11 is 0. The molecule has 0 aromatic heterocycles. The smallest absolute Gasteiger partial charge is 0.167 e. The molecule has 4 aliphatic heterocycles. The molecule has 0 aromatic carbocycles. The summed E-state index contributed by atoms with van der Waals surface area (Å²) in [5, 5.41) is 0. The standard InChI is InChI=1S/C26H46O9/c1-9-23(13-31-19(23)27-5)17(24(10-2)14-32-20(24)28-6)35-18(25(11-3)15-33-21(25)29-7)26(12-4)16-34-22(26)30-8/h17-22H,9-16H2,1-8H3. The van der Waals surface area contributed by atoms with Crippen molar-refractivity contribution in [3.05, 3.63) is 0 Å².